The normalized spacial score (nSPS) is 13.5. The molecule has 1 atom stereocenters. The largest absolute Gasteiger partial charge is 0.547 e. The highest BCUT2D eigenvalue weighted by molar-refractivity contribution is 5.70. The molecule has 6 N–H and O–H groups in total. The Hall–Kier alpha value is -0.650. The Morgan fingerprint density at radius 2 is 2.00 bits per heavy atom. The zero-order valence-corrected chi connectivity index (χ0v) is 7.00. The van der Waals surface area contributed by atoms with Crippen LogP contribution >= 0.6 is 0 Å². The van der Waals surface area contributed by atoms with Gasteiger partial charge in [0.2, 0.25) is 0 Å². The zero-order chi connectivity index (χ0) is 8.36. The van der Waals surface area contributed by atoms with Crippen molar-refractivity contribution in [3.05, 3.63) is 0 Å². The van der Waals surface area contributed by atoms with E-state index >= 15 is 0 Å². The predicted octanol–water partition coefficient (Wildman–Crippen LogP) is -1.51. The molecule has 0 radical (unpaired) electrons. The van der Waals surface area contributed by atoms with Crippen LogP contribution in [0.1, 0.15) is 13.8 Å². The lowest BCUT2D eigenvalue weighted by molar-refractivity contribution is -0.319. The van der Waals surface area contributed by atoms with Crippen LogP contribution < -0.4 is 11.3 Å². The summed E-state index contributed by atoms with van der Waals surface area (Å²) in [7, 11) is 0. The van der Waals surface area contributed by atoms with E-state index in [4.69, 9.17) is 10.2 Å². The SMILES string of the molecule is CC(C)(CO)[C@@H](O)C(=O)[O-].[NH4+]. The molecule has 0 aromatic heterocycles. The third-order valence-corrected chi connectivity index (χ3v) is 1.37. The first kappa shape index (κ1) is 13.0. The van der Waals surface area contributed by atoms with Gasteiger partial charge in [0, 0.05) is 5.41 Å². The third kappa shape index (κ3) is 3.31. The highest BCUT2D eigenvalue weighted by Gasteiger charge is 2.27. The summed E-state index contributed by atoms with van der Waals surface area (Å²) in [4.78, 5) is 10.0. The maximum absolute atomic E-state index is 10.0. The van der Waals surface area contributed by atoms with Crippen LogP contribution in [0, 0.1) is 5.41 Å². The molecule has 0 rings (SSSR count). The molecule has 0 aliphatic carbocycles. The number of aliphatic carboxylic acids is 1. The third-order valence-electron chi connectivity index (χ3n) is 1.37. The van der Waals surface area contributed by atoms with Crippen molar-refractivity contribution in [2.75, 3.05) is 6.61 Å². The highest BCUT2D eigenvalue weighted by atomic mass is 16.4. The lowest BCUT2D eigenvalue weighted by atomic mass is 9.88. The van der Waals surface area contributed by atoms with Crippen LogP contribution in [0.15, 0.2) is 0 Å². The summed E-state index contributed by atoms with van der Waals surface area (Å²) < 4.78 is 0. The molecule has 11 heavy (non-hydrogen) atoms. The second kappa shape index (κ2) is 4.27. The summed E-state index contributed by atoms with van der Waals surface area (Å²) >= 11 is 0. The minimum atomic E-state index is -1.61. The summed E-state index contributed by atoms with van der Waals surface area (Å²) in [6.07, 6.45) is -1.61. The molecule has 0 bridgehead atoms. The van der Waals surface area contributed by atoms with Gasteiger partial charge in [-0.1, -0.05) is 13.8 Å². The second-order valence-corrected chi connectivity index (χ2v) is 2.87. The fraction of sp³-hybridized carbons (Fsp3) is 0.833. The van der Waals surface area contributed by atoms with E-state index in [0.29, 0.717) is 0 Å². The molecular weight excluding hydrogens is 150 g/mol. The minimum absolute atomic E-state index is 0. The number of carbonyl (C=O) groups is 1. The van der Waals surface area contributed by atoms with Crippen molar-refractivity contribution in [2.24, 2.45) is 5.41 Å². The standard InChI is InChI=1S/C6H12O4.H3N/c1-6(2,3-7)4(8)5(9)10;/h4,7-8H,3H2,1-2H3,(H,9,10);1H3/t4-;/m0./s1. The Labute approximate surface area is 65.2 Å². The van der Waals surface area contributed by atoms with Crippen LogP contribution in [0.2, 0.25) is 0 Å². The summed E-state index contributed by atoms with van der Waals surface area (Å²) in [6, 6.07) is 0. The number of hydrogen-bond acceptors (Lipinski definition) is 4. The Morgan fingerprint density at radius 1 is 1.64 bits per heavy atom. The van der Waals surface area contributed by atoms with Crippen LogP contribution in [-0.4, -0.2) is 28.9 Å². The van der Waals surface area contributed by atoms with Gasteiger partial charge in [0.15, 0.2) is 0 Å². The average Bonchev–Trinajstić information content (AvgIpc) is 1.86. The molecule has 0 aliphatic rings. The van der Waals surface area contributed by atoms with E-state index in [9.17, 15) is 9.90 Å². The zero-order valence-electron chi connectivity index (χ0n) is 7.00. The number of quaternary nitrogens is 1. The van der Waals surface area contributed by atoms with Crippen molar-refractivity contribution < 1.29 is 20.1 Å². The van der Waals surface area contributed by atoms with E-state index in [2.05, 4.69) is 0 Å². The number of carbonyl (C=O) groups excluding carboxylic acids is 1. The van der Waals surface area contributed by atoms with Crippen molar-refractivity contribution in [3.8, 4) is 0 Å². The molecule has 5 nitrogen and oxygen atoms in total. The van der Waals surface area contributed by atoms with Gasteiger partial charge < -0.3 is 26.3 Å². The Morgan fingerprint density at radius 3 is 2.09 bits per heavy atom. The Kier molecular flexibility index (Phi) is 5.04. The molecule has 0 aromatic rings. The van der Waals surface area contributed by atoms with Gasteiger partial charge in [-0.05, 0) is 0 Å². The molecule has 0 aromatic carbocycles. The molecular formula is C6H15NO4. The van der Waals surface area contributed by atoms with Gasteiger partial charge in [0.1, 0.15) is 6.10 Å². The van der Waals surface area contributed by atoms with Gasteiger partial charge in [0.25, 0.3) is 0 Å². The van der Waals surface area contributed by atoms with E-state index < -0.39 is 17.5 Å². The average molecular weight is 165 g/mol. The number of rotatable bonds is 3. The lowest BCUT2D eigenvalue weighted by Gasteiger charge is -2.28. The predicted molar refractivity (Wildman–Crippen MR) is 37.9 cm³/mol. The van der Waals surface area contributed by atoms with E-state index in [1.165, 1.54) is 13.8 Å². The first-order valence-corrected chi connectivity index (χ1v) is 2.91. The molecule has 5 heteroatoms. The number of hydrogen-bond donors (Lipinski definition) is 3. The van der Waals surface area contributed by atoms with E-state index in [0.717, 1.165) is 0 Å². The number of aliphatic hydroxyl groups is 2. The molecule has 0 fully saturated rings. The molecule has 0 spiro atoms. The monoisotopic (exact) mass is 165 g/mol. The van der Waals surface area contributed by atoms with Gasteiger partial charge >= 0.3 is 0 Å². The van der Waals surface area contributed by atoms with E-state index in [-0.39, 0.29) is 12.8 Å². The summed E-state index contributed by atoms with van der Waals surface area (Å²) in [5.41, 5.74) is -1.03. The molecule has 68 valence electrons. The maximum Gasteiger partial charge on any atom is 0.101 e. The first-order chi connectivity index (χ1) is 4.41. The maximum atomic E-state index is 10.0. The van der Waals surface area contributed by atoms with Crippen LogP contribution in [0.3, 0.4) is 0 Å². The van der Waals surface area contributed by atoms with E-state index in [1.807, 2.05) is 0 Å². The molecule has 0 saturated heterocycles. The van der Waals surface area contributed by atoms with Crippen molar-refractivity contribution in [3.63, 3.8) is 0 Å². The fourth-order valence-electron chi connectivity index (χ4n) is 0.406. The van der Waals surface area contributed by atoms with Crippen molar-refractivity contribution >= 4 is 5.97 Å². The smallest absolute Gasteiger partial charge is 0.101 e. The number of carboxylic acids is 1. The lowest BCUT2D eigenvalue weighted by Crippen LogP contribution is -2.46. The first-order valence-electron chi connectivity index (χ1n) is 2.91. The Balaban J connectivity index is 0. The quantitative estimate of drug-likeness (QED) is 0.471. The molecule has 0 heterocycles. The van der Waals surface area contributed by atoms with Crippen molar-refractivity contribution in [1.82, 2.24) is 6.15 Å². The summed E-state index contributed by atoms with van der Waals surface area (Å²) in [5.74, 6) is -1.56. The van der Waals surface area contributed by atoms with Crippen molar-refractivity contribution in [1.29, 1.82) is 0 Å². The van der Waals surface area contributed by atoms with Crippen LogP contribution in [-0.2, 0) is 4.79 Å². The highest BCUT2D eigenvalue weighted by Crippen LogP contribution is 2.18. The van der Waals surface area contributed by atoms with Crippen molar-refractivity contribution in [2.45, 2.75) is 20.0 Å². The van der Waals surface area contributed by atoms with Gasteiger partial charge in [-0.2, -0.15) is 0 Å². The summed E-state index contributed by atoms with van der Waals surface area (Å²) in [6.45, 7) is 2.49. The van der Waals surface area contributed by atoms with Gasteiger partial charge in [-0.15, -0.1) is 0 Å². The van der Waals surface area contributed by atoms with Gasteiger partial charge in [-0.3, -0.25) is 0 Å². The van der Waals surface area contributed by atoms with Gasteiger partial charge in [-0.25, -0.2) is 0 Å². The topological polar surface area (TPSA) is 117 Å². The van der Waals surface area contributed by atoms with E-state index in [1.54, 1.807) is 0 Å². The second-order valence-electron chi connectivity index (χ2n) is 2.87. The Bertz CT molecular complexity index is 135. The molecule has 0 unspecified atom stereocenters. The minimum Gasteiger partial charge on any atom is -0.547 e. The molecule has 0 amide bonds. The molecule has 0 saturated carbocycles. The van der Waals surface area contributed by atoms with Crippen LogP contribution in [0.5, 0.6) is 0 Å². The summed E-state index contributed by atoms with van der Waals surface area (Å²) in [5, 5.41) is 27.4. The van der Waals surface area contributed by atoms with Gasteiger partial charge in [0.05, 0.1) is 12.6 Å². The van der Waals surface area contributed by atoms with Crippen LogP contribution in [0.25, 0.3) is 0 Å². The number of carboxylic acid groups (broad SMARTS) is 1. The number of aliphatic hydroxyl groups excluding tert-OH is 2. The van der Waals surface area contributed by atoms with Crippen LogP contribution in [0.4, 0.5) is 0 Å². The molecule has 0 aliphatic heterocycles. The fourth-order valence-corrected chi connectivity index (χ4v) is 0.406.